The predicted molar refractivity (Wildman–Crippen MR) is 84.5 cm³/mol. The highest BCUT2D eigenvalue weighted by molar-refractivity contribution is 6.03. The summed E-state index contributed by atoms with van der Waals surface area (Å²) in [5, 5.41) is 3.27. The van der Waals surface area contributed by atoms with Gasteiger partial charge in [0, 0.05) is 17.5 Å². The molecule has 0 bridgehead atoms. The molecule has 1 saturated heterocycles. The Balaban J connectivity index is 1.91. The lowest BCUT2D eigenvalue weighted by Gasteiger charge is -2.33. The summed E-state index contributed by atoms with van der Waals surface area (Å²) >= 11 is 0. The van der Waals surface area contributed by atoms with Gasteiger partial charge in [-0.25, -0.2) is 0 Å². The van der Waals surface area contributed by atoms with E-state index in [1.54, 1.807) is 4.90 Å². The molecular formula is C17H22N2O3. The van der Waals surface area contributed by atoms with Gasteiger partial charge in [0.2, 0.25) is 0 Å². The molecule has 0 saturated carbocycles. The maximum atomic E-state index is 12.7. The standard InChI is InChI=1S/C17H22N2O3/c1-11(2)19-14-9-13(3-4-15(14)22-10-16(19)20)17(21)12-5-7-18-8-6-12/h3-4,9,11-12,18H,5-8,10H2,1-2H3. The number of anilines is 1. The topological polar surface area (TPSA) is 58.6 Å². The first-order valence-corrected chi connectivity index (χ1v) is 7.92. The van der Waals surface area contributed by atoms with Gasteiger partial charge >= 0.3 is 0 Å². The van der Waals surface area contributed by atoms with Gasteiger partial charge in [0.05, 0.1) is 5.69 Å². The average Bonchev–Trinajstić information content (AvgIpc) is 2.54. The smallest absolute Gasteiger partial charge is 0.265 e. The van der Waals surface area contributed by atoms with Crippen molar-refractivity contribution in [1.29, 1.82) is 0 Å². The molecule has 22 heavy (non-hydrogen) atoms. The highest BCUT2D eigenvalue weighted by atomic mass is 16.5. The maximum Gasteiger partial charge on any atom is 0.265 e. The number of Topliss-reactive ketones (excluding diaryl/α,β-unsaturated/α-hetero) is 1. The molecule has 1 fully saturated rings. The van der Waals surface area contributed by atoms with Crippen molar-refractivity contribution in [1.82, 2.24) is 5.32 Å². The summed E-state index contributed by atoms with van der Waals surface area (Å²) in [5.41, 5.74) is 1.39. The number of rotatable bonds is 3. The Morgan fingerprint density at radius 3 is 2.73 bits per heavy atom. The molecule has 5 nitrogen and oxygen atoms in total. The Kier molecular flexibility index (Phi) is 4.16. The van der Waals surface area contributed by atoms with E-state index in [1.165, 1.54) is 0 Å². The number of ketones is 1. The summed E-state index contributed by atoms with van der Waals surface area (Å²) in [6, 6.07) is 5.49. The molecule has 118 valence electrons. The number of hydrogen-bond acceptors (Lipinski definition) is 4. The van der Waals surface area contributed by atoms with Crippen molar-refractivity contribution in [2.45, 2.75) is 32.7 Å². The summed E-state index contributed by atoms with van der Waals surface area (Å²) in [6.07, 6.45) is 1.75. The Morgan fingerprint density at radius 2 is 2.05 bits per heavy atom. The van der Waals surface area contributed by atoms with E-state index in [0.717, 1.165) is 25.9 Å². The van der Waals surface area contributed by atoms with Crippen molar-refractivity contribution in [3.63, 3.8) is 0 Å². The van der Waals surface area contributed by atoms with Crippen LogP contribution in [-0.4, -0.2) is 37.4 Å². The highest BCUT2D eigenvalue weighted by Gasteiger charge is 2.29. The van der Waals surface area contributed by atoms with Crippen LogP contribution < -0.4 is 15.0 Å². The van der Waals surface area contributed by atoms with Gasteiger partial charge in [0.15, 0.2) is 12.4 Å². The van der Waals surface area contributed by atoms with Crippen LogP contribution in [0.4, 0.5) is 5.69 Å². The number of nitrogens with one attached hydrogen (secondary N) is 1. The van der Waals surface area contributed by atoms with Crippen LogP contribution in [0.3, 0.4) is 0 Å². The minimum atomic E-state index is -0.0611. The second kappa shape index (κ2) is 6.08. The van der Waals surface area contributed by atoms with Gasteiger partial charge in [-0.3, -0.25) is 9.59 Å². The Labute approximate surface area is 130 Å². The van der Waals surface area contributed by atoms with Crippen LogP contribution in [0.2, 0.25) is 0 Å². The van der Waals surface area contributed by atoms with Crippen LogP contribution in [0.25, 0.3) is 0 Å². The summed E-state index contributed by atoms with van der Waals surface area (Å²) in [7, 11) is 0. The summed E-state index contributed by atoms with van der Waals surface area (Å²) < 4.78 is 5.48. The zero-order valence-electron chi connectivity index (χ0n) is 13.1. The second-order valence-corrected chi connectivity index (χ2v) is 6.22. The zero-order valence-corrected chi connectivity index (χ0v) is 13.1. The molecule has 1 aromatic rings. The van der Waals surface area contributed by atoms with Crippen molar-refractivity contribution in [2.75, 3.05) is 24.6 Å². The first-order chi connectivity index (χ1) is 10.6. The SMILES string of the molecule is CC(C)N1C(=O)COc2ccc(C(=O)C3CCNCC3)cc21. The van der Waals surface area contributed by atoms with E-state index in [1.807, 2.05) is 32.0 Å². The second-order valence-electron chi connectivity index (χ2n) is 6.22. The molecule has 0 aliphatic carbocycles. The van der Waals surface area contributed by atoms with Crippen LogP contribution in [0.15, 0.2) is 18.2 Å². The molecule has 0 radical (unpaired) electrons. The average molecular weight is 302 g/mol. The molecule has 2 heterocycles. The minimum Gasteiger partial charge on any atom is -0.482 e. The third-order valence-electron chi connectivity index (χ3n) is 4.35. The summed E-state index contributed by atoms with van der Waals surface area (Å²) in [4.78, 5) is 26.5. The molecule has 1 aromatic carbocycles. The Bertz CT molecular complexity index is 592. The third-order valence-corrected chi connectivity index (χ3v) is 4.35. The van der Waals surface area contributed by atoms with E-state index < -0.39 is 0 Å². The van der Waals surface area contributed by atoms with E-state index in [9.17, 15) is 9.59 Å². The number of carbonyl (C=O) groups is 2. The largest absolute Gasteiger partial charge is 0.482 e. The first-order valence-electron chi connectivity index (χ1n) is 7.92. The van der Waals surface area contributed by atoms with E-state index in [4.69, 9.17) is 4.74 Å². The van der Waals surface area contributed by atoms with Crippen LogP contribution in [0, 0.1) is 5.92 Å². The monoisotopic (exact) mass is 302 g/mol. The van der Waals surface area contributed by atoms with E-state index in [-0.39, 0.29) is 30.3 Å². The fourth-order valence-electron chi connectivity index (χ4n) is 3.21. The molecule has 0 aromatic heterocycles. The summed E-state index contributed by atoms with van der Waals surface area (Å²) in [6.45, 7) is 5.78. The molecule has 2 aliphatic rings. The highest BCUT2D eigenvalue weighted by Crippen LogP contribution is 2.35. The van der Waals surface area contributed by atoms with Crippen molar-refractivity contribution in [3.8, 4) is 5.75 Å². The number of carbonyl (C=O) groups excluding carboxylic acids is 2. The number of piperidine rings is 1. The van der Waals surface area contributed by atoms with Crippen molar-refractivity contribution in [2.24, 2.45) is 5.92 Å². The van der Waals surface area contributed by atoms with Crippen LogP contribution in [0.5, 0.6) is 5.75 Å². The van der Waals surface area contributed by atoms with Crippen molar-refractivity contribution < 1.29 is 14.3 Å². The predicted octanol–water partition coefficient (Wildman–Crippen LogP) is 2.00. The normalized spacial score (nSPS) is 19.0. The zero-order chi connectivity index (χ0) is 15.7. The van der Waals surface area contributed by atoms with Gasteiger partial charge in [-0.2, -0.15) is 0 Å². The molecule has 1 N–H and O–H groups in total. The quantitative estimate of drug-likeness (QED) is 0.868. The van der Waals surface area contributed by atoms with Crippen molar-refractivity contribution >= 4 is 17.4 Å². The Morgan fingerprint density at radius 1 is 1.32 bits per heavy atom. The molecule has 3 rings (SSSR count). The van der Waals surface area contributed by atoms with E-state index >= 15 is 0 Å². The molecule has 0 unspecified atom stereocenters. The number of hydrogen-bond donors (Lipinski definition) is 1. The fraction of sp³-hybridized carbons (Fsp3) is 0.529. The molecule has 0 spiro atoms. The summed E-state index contributed by atoms with van der Waals surface area (Å²) in [5.74, 6) is 0.863. The van der Waals surface area contributed by atoms with Gasteiger partial charge in [0.25, 0.3) is 5.91 Å². The third kappa shape index (κ3) is 2.73. The van der Waals surface area contributed by atoms with E-state index in [0.29, 0.717) is 17.0 Å². The number of benzene rings is 1. The number of fused-ring (bicyclic) bond motifs is 1. The van der Waals surface area contributed by atoms with Crippen LogP contribution in [-0.2, 0) is 4.79 Å². The lowest BCUT2D eigenvalue weighted by Crippen LogP contribution is -2.43. The lowest BCUT2D eigenvalue weighted by atomic mass is 9.89. The lowest BCUT2D eigenvalue weighted by molar-refractivity contribution is -0.121. The van der Waals surface area contributed by atoms with Gasteiger partial charge in [-0.15, -0.1) is 0 Å². The molecule has 5 heteroatoms. The molecular weight excluding hydrogens is 280 g/mol. The number of nitrogens with zero attached hydrogens (tertiary/aromatic N) is 1. The maximum absolute atomic E-state index is 12.7. The molecule has 0 atom stereocenters. The van der Waals surface area contributed by atoms with Crippen LogP contribution >= 0.6 is 0 Å². The Hall–Kier alpha value is -1.88. The number of ether oxygens (including phenoxy) is 1. The first kappa shape index (κ1) is 15.0. The van der Waals surface area contributed by atoms with Crippen LogP contribution in [0.1, 0.15) is 37.0 Å². The van der Waals surface area contributed by atoms with E-state index in [2.05, 4.69) is 5.32 Å². The minimum absolute atomic E-state index is 0.0411. The molecule has 2 aliphatic heterocycles. The van der Waals surface area contributed by atoms with Gasteiger partial charge in [0.1, 0.15) is 5.75 Å². The van der Waals surface area contributed by atoms with Gasteiger partial charge < -0.3 is 15.0 Å². The van der Waals surface area contributed by atoms with Gasteiger partial charge in [-0.1, -0.05) is 0 Å². The molecule has 1 amide bonds. The fourth-order valence-corrected chi connectivity index (χ4v) is 3.21. The number of amides is 1. The van der Waals surface area contributed by atoms with Gasteiger partial charge in [-0.05, 0) is 58.0 Å². The van der Waals surface area contributed by atoms with Crippen molar-refractivity contribution in [3.05, 3.63) is 23.8 Å².